The third-order valence-electron chi connectivity index (χ3n) is 2.98. The van der Waals surface area contributed by atoms with Crippen LogP contribution in [0, 0.1) is 0 Å². The Balaban J connectivity index is 2.39. The maximum Gasteiger partial charge on any atom is 0.122 e. The van der Waals surface area contributed by atoms with Gasteiger partial charge in [-0.25, -0.2) is 0 Å². The second-order valence-corrected chi connectivity index (χ2v) is 4.07. The Morgan fingerprint density at radius 2 is 2.00 bits per heavy atom. The molecule has 96 valence electrons. The molecule has 0 aromatic heterocycles. The number of nitrogens with zero attached hydrogens (tertiary/aromatic N) is 1. The number of likely N-dealkylation sites (N-methyl/N-ethyl adjacent to an activating group) is 1. The number of hydrogen-bond acceptors (Lipinski definition) is 3. The van der Waals surface area contributed by atoms with E-state index in [9.17, 15) is 0 Å². The molecule has 17 heavy (non-hydrogen) atoms. The Bertz CT molecular complexity index is 315. The fourth-order valence-electron chi connectivity index (χ4n) is 1.97. The third kappa shape index (κ3) is 4.75. The van der Waals surface area contributed by atoms with Gasteiger partial charge in [-0.05, 0) is 37.6 Å². The molecule has 0 aliphatic carbocycles. The summed E-state index contributed by atoms with van der Waals surface area (Å²) in [5, 5.41) is 8.90. The Morgan fingerprint density at radius 1 is 1.24 bits per heavy atom. The van der Waals surface area contributed by atoms with E-state index in [4.69, 9.17) is 9.84 Å². The van der Waals surface area contributed by atoms with Gasteiger partial charge in [0.25, 0.3) is 0 Å². The predicted octanol–water partition coefficient (Wildman–Crippen LogP) is 1.94. The lowest BCUT2D eigenvalue weighted by Crippen LogP contribution is -2.27. The first-order valence-corrected chi connectivity index (χ1v) is 6.27. The summed E-state index contributed by atoms with van der Waals surface area (Å²) < 4.78 is 5.32. The van der Waals surface area contributed by atoms with Crippen molar-refractivity contribution >= 4 is 0 Å². The van der Waals surface area contributed by atoms with Gasteiger partial charge in [0.05, 0.1) is 13.7 Å². The van der Waals surface area contributed by atoms with Crippen molar-refractivity contribution < 1.29 is 9.84 Å². The zero-order valence-electron chi connectivity index (χ0n) is 10.9. The van der Waals surface area contributed by atoms with Gasteiger partial charge < -0.3 is 14.7 Å². The Morgan fingerprint density at radius 3 is 2.65 bits per heavy atom. The number of methoxy groups -OCH3 is 1. The zero-order valence-corrected chi connectivity index (χ0v) is 10.9. The summed E-state index contributed by atoms with van der Waals surface area (Å²) in [4.78, 5) is 2.26. The molecule has 1 rings (SSSR count). The fraction of sp³-hybridized carbons (Fsp3) is 0.571. The van der Waals surface area contributed by atoms with E-state index in [0.29, 0.717) is 0 Å². The second-order valence-electron chi connectivity index (χ2n) is 4.07. The van der Waals surface area contributed by atoms with Gasteiger partial charge in [0.15, 0.2) is 0 Å². The van der Waals surface area contributed by atoms with Crippen LogP contribution in [0.15, 0.2) is 24.3 Å². The molecule has 0 radical (unpaired) electrons. The highest BCUT2D eigenvalue weighted by Gasteiger charge is 2.04. The third-order valence-corrected chi connectivity index (χ3v) is 2.98. The molecule has 0 atom stereocenters. The molecule has 0 heterocycles. The molecule has 1 aromatic rings. The minimum Gasteiger partial charge on any atom is -0.496 e. The molecule has 0 bridgehead atoms. The van der Waals surface area contributed by atoms with Crippen LogP contribution in [0.4, 0.5) is 0 Å². The van der Waals surface area contributed by atoms with E-state index in [1.54, 1.807) is 7.11 Å². The lowest BCUT2D eigenvalue weighted by atomic mass is 10.1. The quantitative estimate of drug-likeness (QED) is 0.750. The summed E-state index contributed by atoms with van der Waals surface area (Å²) in [5.41, 5.74) is 1.26. The van der Waals surface area contributed by atoms with E-state index in [2.05, 4.69) is 17.9 Å². The number of aliphatic hydroxyl groups excluding tert-OH is 1. The van der Waals surface area contributed by atoms with E-state index in [1.165, 1.54) is 5.56 Å². The zero-order chi connectivity index (χ0) is 12.5. The van der Waals surface area contributed by atoms with Crippen LogP contribution in [0.1, 0.15) is 18.9 Å². The maximum absolute atomic E-state index is 8.90. The van der Waals surface area contributed by atoms with Crippen molar-refractivity contribution in [2.45, 2.75) is 19.8 Å². The van der Waals surface area contributed by atoms with Crippen molar-refractivity contribution in [2.75, 3.05) is 33.4 Å². The van der Waals surface area contributed by atoms with Crippen molar-refractivity contribution in [2.24, 2.45) is 0 Å². The Kier molecular flexibility index (Phi) is 6.67. The second kappa shape index (κ2) is 8.09. The van der Waals surface area contributed by atoms with Crippen LogP contribution < -0.4 is 4.74 Å². The first kappa shape index (κ1) is 14.0. The van der Waals surface area contributed by atoms with E-state index < -0.39 is 0 Å². The maximum atomic E-state index is 8.90. The SMILES string of the molecule is CCN(CCO)CCCc1ccccc1OC. The summed E-state index contributed by atoms with van der Waals surface area (Å²) in [6.45, 7) is 5.14. The Hall–Kier alpha value is -1.06. The summed E-state index contributed by atoms with van der Waals surface area (Å²) in [7, 11) is 1.71. The minimum absolute atomic E-state index is 0.239. The van der Waals surface area contributed by atoms with Crippen LogP contribution in [0.3, 0.4) is 0 Å². The first-order chi connectivity index (χ1) is 8.31. The molecule has 0 amide bonds. The van der Waals surface area contributed by atoms with E-state index in [0.717, 1.165) is 38.2 Å². The van der Waals surface area contributed by atoms with Crippen molar-refractivity contribution in [3.8, 4) is 5.75 Å². The molecule has 0 spiro atoms. The lowest BCUT2D eigenvalue weighted by molar-refractivity contribution is 0.200. The Labute approximate surface area is 104 Å². The van der Waals surface area contributed by atoms with E-state index in [1.807, 2.05) is 18.2 Å². The average molecular weight is 237 g/mol. The van der Waals surface area contributed by atoms with Gasteiger partial charge in [0.1, 0.15) is 5.75 Å². The number of aryl methyl sites for hydroxylation is 1. The van der Waals surface area contributed by atoms with E-state index in [-0.39, 0.29) is 6.61 Å². The summed E-state index contributed by atoms with van der Waals surface area (Å²) in [6, 6.07) is 8.15. The van der Waals surface area contributed by atoms with Crippen molar-refractivity contribution in [1.29, 1.82) is 0 Å². The number of ether oxygens (including phenoxy) is 1. The van der Waals surface area contributed by atoms with Crippen LogP contribution >= 0.6 is 0 Å². The van der Waals surface area contributed by atoms with Gasteiger partial charge >= 0.3 is 0 Å². The molecule has 1 N–H and O–H groups in total. The van der Waals surface area contributed by atoms with Crippen molar-refractivity contribution in [3.63, 3.8) is 0 Å². The number of rotatable bonds is 8. The van der Waals surface area contributed by atoms with Crippen LogP contribution in [0.25, 0.3) is 0 Å². The van der Waals surface area contributed by atoms with Crippen molar-refractivity contribution in [1.82, 2.24) is 4.90 Å². The number of aliphatic hydroxyl groups is 1. The highest BCUT2D eigenvalue weighted by molar-refractivity contribution is 5.33. The summed E-state index contributed by atoms with van der Waals surface area (Å²) in [5.74, 6) is 0.970. The molecule has 0 unspecified atom stereocenters. The largest absolute Gasteiger partial charge is 0.496 e. The molecular formula is C14H23NO2. The minimum atomic E-state index is 0.239. The van der Waals surface area contributed by atoms with Gasteiger partial charge in [-0.15, -0.1) is 0 Å². The molecule has 3 nitrogen and oxygen atoms in total. The molecule has 0 saturated heterocycles. The predicted molar refractivity (Wildman–Crippen MR) is 70.5 cm³/mol. The summed E-state index contributed by atoms with van der Waals surface area (Å²) >= 11 is 0. The highest BCUT2D eigenvalue weighted by Crippen LogP contribution is 2.18. The van der Waals surface area contributed by atoms with Crippen LogP contribution in [-0.4, -0.2) is 43.4 Å². The van der Waals surface area contributed by atoms with Gasteiger partial charge in [0, 0.05) is 6.54 Å². The number of para-hydroxylation sites is 1. The van der Waals surface area contributed by atoms with Crippen molar-refractivity contribution in [3.05, 3.63) is 29.8 Å². The molecule has 0 fully saturated rings. The standard InChI is InChI=1S/C14H23NO2/c1-3-15(11-12-16)10-6-8-13-7-4-5-9-14(13)17-2/h4-5,7,9,16H,3,6,8,10-12H2,1-2H3. The molecule has 3 heteroatoms. The number of benzene rings is 1. The molecule has 0 aliphatic rings. The molecule has 0 saturated carbocycles. The molecular weight excluding hydrogens is 214 g/mol. The smallest absolute Gasteiger partial charge is 0.122 e. The van der Waals surface area contributed by atoms with Crippen LogP contribution in [0.5, 0.6) is 5.75 Å². The van der Waals surface area contributed by atoms with E-state index >= 15 is 0 Å². The normalized spacial score (nSPS) is 10.8. The average Bonchev–Trinajstić information content (AvgIpc) is 2.38. The topological polar surface area (TPSA) is 32.7 Å². The van der Waals surface area contributed by atoms with Gasteiger partial charge in [-0.3, -0.25) is 0 Å². The monoisotopic (exact) mass is 237 g/mol. The molecule has 1 aromatic carbocycles. The lowest BCUT2D eigenvalue weighted by Gasteiger charge is -2.19. The van der Waals surface area contributed by atoms with Gasteiger partial charge in [0.2, 0.25) is 0 Å². The fourth-order valence-corrected chi connectivity index (χ4v) is 1.97. The summed E-state index contributed by atoms with van der Waals surface area (Å²) in [6.07, 6.45) is 2.11. The van der Waals surface area contributed by atoms with Crippen LogP contribution in [-0.2, 0) is 6.42 Å². The molecule has 0 aliphatic heterocycles. The van der Waals surface area contributed by atoms with Crippen LogP contribution in [0.2, 0.25) is 0 Å². The van der Waals surface area contributed by atoms with Gasteiger partial charge in [-0.1, -0.05) is 25.1 Å². The van der Waals surface area contributed by atoms with Gasteiger partial charge in [-0.2, -0.15) is 0 Å². The first-order valence-electron chi connectivity index (χ1n) is 6.27. The number of hydrogen-bond donors (Lipinski definition) is 1. The highest BCUT2D eigenvalue weighted by atomic mass is 16.5.